The minimum absolute atomic E-state index is 0.0391. The molecule has 1 heterocycles. The number of ether oxygens (including phenoxy) is 3. The van der Waals surface area contributed by atoms with Crippen molar-refractivity contribution in [3.05, 3.63) is 28.8 Å². The molecule has 0 N–H and O–H groups in total. The second-order valence-electron chi connectivity index (χ2n) is 5.82. The Kier molecular flexibility index (Phi) is 5.09. The van der Waals surface area contributed by atoms with Gasteiger partial charge in [0.05, 0.1) is 36.4 Å². The zero-order chi connectivity index (χ0) is 16.4. The summed E-state index contributed by atoms with van der Waals surface area (Å²) in [5.41, 5.74) is 0.464. The van der Waals surface area contributed by atoms with Crippen molar-refractivity contribution in [2.24, 2.45) is 0 Å². The lowest BCUT2D eigenvalue weighted by atomic mass is 10.1. The third kappa shape index (κ3) is 3.18. The quantitative estimate of drug-likeness (QED) is 0.846. The summed E-state index contributed by atoms with van der Waals surface area (Å²) in [6.07, 6.45) is 1.84. The standard InChI is InChI=1S/C17H22ClNO4/c1-3-22-16-14-6-7-15(16)23-9-8-19(14)17(20)12-10-11(21-2)4-5-13(12)18/h4-5,10,14-16H,3,6-9H2,1-2H3/t14-,15-,16+/m1/s1. The molecule has 0 unspecified atom stereocenters. The first-order chi connectivity index (χ1) is 11.2. The SMILES string of the molecule is CCO[C@H]1[C@H]2CC[C@H]1OCCN2C(=O)c1cc(OC)ccc1Cl. The Morgan fingerprint density at radius 1 is 1.43 bits per heavy atom. The average Bonchev–Trinajstić information content (AvgIpc) is 2.83. The molecule has 1 aliphatic heterocycles. The van der Waals surface area contributed by atoms with Gasteiger partial charge < -0.3 is 19.1 Å². The zero-order valence-corrected chi connectivity index (χ0v) is 14.2. The van der Waals surface area contributed by atoms with Crippen molar-refractivity contribution in [3.63, 3.8) is 0 Å². The van der Waals surface area contributed by atoms with Gasteiger partial charge in [-0.15, -0.1) is 0 Å². The van der Waals surface area contributed by atoms with Crippen molar-refractivity contribution in [2.75, 3.05) is 26.9 Å². The number of nitrogens with zero attached hydrogens (tertiary/aromatic N) is 1. The number of benzene rings is 1. The fourth-order valence-corrected chi connectivity index (χ4v) is 3.70. The van der Waals surface area contributed by atoms with E-state index in [1.165, 1.54) is 0 Å². The fourth-order valence-electron chi connectivity index (χ4n) is 3.50. The highest BCUT2D eigenvalue weighted by Crippen LogP contribution is 2.34. The maximum atomic E-state index is 13.1. The summed E-state index contributed by atoms with van der Waals surface area (Å²) < 4.78 is 17.0. The summed E-state index contributed by atoms with van der Waals surface area (Å²) in [5.74, 6) is 0.532. The van der Waals surface area contributed by atoms with Crippen LogP contribution in [0.3, 0.4) is 0 Å². The number of methoxy groups -OCH3 is 1. The van der Waals surface area contributed by atoms with Crippen molar-refractivity contribution in [2.45, 2.75) is 38.0 Å². The maximum absolute atomic E-state index is 13.1. The normalized spacial score (nSPS) is 26.9. The molecule has 1 aliphatic carbocycles. The summed E-state index contributed by atoms with van der Waals surface area (Å²) in [6.45, 7) is 3.66. The van der Waals surface area contributed by atoms with Gasteiger partial charge in [0.15, 0.2) is 0 Å². The van der Waals surface area contributed by atoms with Gasteiger partial charge in [0.2, 0.25) is 0 Å². The largest absolute Gasteiger partial charge is 0.497 e. The minimum Gasteiger partial charge on any atom is -0.497 e. The lowest BCUT2D eigenvalue weighted by Gasteiger charge is -2.31. The van der Waals surface area contributed by atoms with Crippen LogP contribution in [0.4, 0.5) is 0 Å². The van der Waals surface area contributed by atoms with Gasteiger partial charge in [-0.05, 0) is 38.0 Å². The number of fused-ring (bicyclic) bond motifs is 2. The molecule has 2 fully saturated rings. The number of amides is 1. The molecular weight excluding hydrogens is 318 g/mol. The second-order valence-corrected chi connectivity index (χ2v) is 6.23. The number of rotatable bonds is 4. The van der Waals surface area contributed by atoms with E-state index in [0.29, 0.717) is 36.1 Å². The predicted octanol–water partition coefficient (Wildman–Crippen LogP) is 2.76. The van der Waals surface area contributed by atoms with E-state index in [2.05, 4.69) is 0 Å². The smallest absolute Gasteiger partial charge is 0.255 e. The van der Waals surface area contributed by atoms with Crippen LogP contribution < -0.4 is 4.74 Å². The molecule has 2 aliphatic rings. The van der Waals surface area contributed by atoms with Crippen LogP contribution in [0.2, 0.25) is 5.02 Å². The molecule has 2 bridgehead atoms. The highest BCUT2D eigenvalue weighted by Gasteiger charge is 2.44. The third-order valence-electron chi connectivity index (χ3n) is 4.58. The van der Waals surface area contributed by atoms with E-state index in [1.54, 1.807) is 25.3 Å². The highest BCUT2D eigenvalue weighted by atomic mass is 35.5. The van der Waals surface area contributed by atoms with Crippen LogP contribution in [0, 0.1) is 0 Å². The Bertz CT molecular complexity index is 580. The van der Waals surface area contributed by atoms with Crippen LogP contribution in [0.25, 0.3) is 0 Å². The van der Waals surface area contributed by atoms with Crippen molar-refractivity contribution in [3.8, 4) is 5.75 Å². The van der Waals surface area contributed by atoms with Crippen molar-refractivity contribution in [1.82, 2.24) is 4.90 Å². The molecule has 3 rings (SSSR count). The van der Waals surface area contributed by atoms with Crippen LogP contribution in [-0.2, 0) is 9.47 Å². The van der Waals surface area contributed by atoms with Crippen LogP contribution >= 0.6 is 11.6 Å². The molecule has 23 heavy (non-hydrogen) atoms. The van der Waals surface area contributed by atoms with Gasteiger partial charge in [-0.2, -0.15) is 0 Å². The van der Waals surface area contributed by atoms with Gasteiger partial charge in [-0.3, -0.25) is 4.79 Å². The molecule has 1 amide bonds. The minimum atomic E-state index is -0.0882. The monoisotopic (exact) mass is 339 g/mol. The van der Waals surface area contributed by atoms with Crippen molar-refractivity contribution < 1.29 is 19.0 Å². The molecule has 3 atom stereocenters. The Labute approximate surface area is 141 Å². The molecule has 6 heteroatoms. The molecule has 1 saturated carbocycles. The Morgan fingerprint density at radius 2 is 2.26 bits per heavy atom. The first kappa shape index (κ1) is 16.6. The van der Waals surface area contributed by atoms with Crippen molar-refractivity contribution in [1.29, 1.82) is 0 Å². The molecule has 0 aromatic heterocycles. The summed E-state index contributed by atoms with van der Waals surface area (Å²) >= 11 is 6.24. The second kappa shape index (κ2) is 7.07. The van der Waals surface area contributed by atoms with E-state index in [-0.39, 0.29) is 24.2 Å². The van der Waals surface area contributed by atoms with Gasteiger partial charge >= 0.3 is 0 Å². The molecule has 0 radical (unpaired) electrons. The van der Waals surface area contributed by atoms with Crippen LogP contribution in [0.15, 0.2) is 18.2 Å². The average molecular weight is 340 g/mol. The van der Waals surface area contributed by atoms with E-state index < -0.39 is 0 Å². The van der Waals surface area contributed by atoms with Crippen LogP contribution in [-0.4, -0.2) is 55.9 Å². The van der Waals surface area contributed by atoms with E-state index in [4.69, 9.17) is 25.8 Å². The number of hydrogen-bond acceptors (Lipinski definition) is 4. The van der Waals surface area contributed by atoms with Crippen LogP contribution in [0.5, 0.6) is 5.75 Å². The Hall–Kier alpha value is -1.30. The molecule has 1 aromatic rings. The molecule has 1 aromatic carbocycles. The lowest BCUT2D eigenvalue weighted by Crippen LogP contribution is -2.46. The zero-order valence-electron chi connectivity index (χ0n) is 13.5. The van der Waals surface area contributed by atoms with E-state index in [1.807, 2.05) is 11.8 Å². The summed E-state index contributed by atoms with van der Waals surface area (Å²) in [7, 11) is 1.57. The number of halogens is 1. The summed E-state index contributed by atoms with van der Waals surface area (Å²) in [5, 5.41) is 0.434. The third-order valence-corrected chi connectivity index (χ3v) is 4.91. The van der Waals surface area contributed by atoms with Gasteiger partial charge in [0.1, 0.15) is 11.9 Å². The maximum Gasteiger partial charge on any atom is 0.255 e. The first-order valence-corrected chi connectivity index (χ1v) is 8.41. The van der Waals surface area contributed by atoms with Gasteiger partial charge in [0.25, 0.3) is 5.91 Å². The molecule has 0 spiro atoms. The number of carbonyl (C=O) groups is 1. The molecule has 1 saturated heterocycles. The van der Waals surface area contributed by atoms with Crippen molar-refractivity contribution >= 4 is 17.5 Å². The number of hydrogen-bond donors (Lipinski definition) is 0. The Balaban J connectivity index is 1.89. The first-order valence-electron chi connectivity index (χ1n) is 8.03. The summed E-state index contributed by atoms with van der Waals surface area (Å²) in [4.78, 5) is 14.9. The molecule has 5 nitrogen and oxygen atoms in total. The summed E-state index contributed by atoms with van der Waals surface area (Å²) in [6, 6.07) is 5.18. The lowest BCUT2D eigenvalue weighted by molar-refractivity contribution is -0.0484. The highest BCUT2D eigenvalue weighted by molar-refractivity contribution is 6.33. The topological polar surface area (TPSA) is 48.0 Å². The van der Waals surface area contributed by atoms with Gasteiger partial charge in [-0.1, -0.05) is 11.6 Å². The van der Waals surface area contributed by atoms with E-state index in [9.17, 15) is 4.79 Å². The Morgan fingerprint density at radius 3 is 3.00 bits per heavy atom. The molecule has 126 valence electrons. The number of carbonyl (C=O) groups excluding carboxylic acids is 1. The van der Waals surface area contributed by atoms with E-state index in [0.717, 1.165) is 12.8 Å². The van der Waals surface area contributed by atoms with Gasteiger partial charge in [-0.25, -0.2) is 0 Å². The molecular formula is C17H22ClNO4. The van der Waals surface area contributed by atoms with Crippen LogP contribution in [0.1, 0.15) is 30.1 Å². The van der Waals surface area contributed by atoms with E-state index >= 15 is 0 Å². The fraction of sp³-hybridized carbons (Fsp3) is 0.588. The predicted molar refractivity (Wildman–Crippen MR) is 87.2 cm³/mol. The van der Waals surface area contributed by atoms with Gasteiger partial charge in [0, 0.05) is 13.2 Å².